The van der Waals surface area contributed by atoms with E-state index in [1.165, 1.54) is 4.90 Å². The number of anilines is 1. The van der Waals surface area contributed by atoms with Gasteiger partial charge in [-0.15, -0.1) is 6.58 Å². The summed E-state index contributed by atoms with van der Waals surface area (Å²) in [6.45, 7) is 5.80. The number of nitrogens with zero attached hydrogens (tertiary/aromatic N) is 2. The average molecular weight is 329 g/mol. The number of nitrogens with one attached hydrogen (secondary N) is 1. The fourth-order valence-corrected chi connectivity index (χ4v) is 2.49. The Hall–Kier alpha value is -2.47. The molecule has 6 heteroatoms. The molecule has 1 aliphatic rings. The molecule has 1 aliphatic heterocycles. The SMILES string of the molecule is C=CCN1C(=O)/C(=C/c2ccc(N(C)C)cc2C)C(=O)NC1=S. The molecule has 0 radical (unpaired) electrons. The van der Waals surface area contributed by atoms with E-state index in [4.69, 9.17) is 12.2 Å². The summed E-state index contributed by atoms with van der Waals surface area (Å²) in [4.78, 5) is 27.9. The van der Waals surface area contributed by atoms with Crippen LogP contribution in [0.25, 0.3) is 6.08 Å². The van der Waals surface area contributed by atoms with Crippen molar-refractivity contribution in [2.45, 2.75) is 6.92 Å². The highest BCUT2D eigenvalue weighted by atomic mass is 32.1. The standard InChI is InChI=1S/C17H19N3O2S/c1-5-8-20-16(22)14(15(21)18-17(20)23)10-12-6-7-13(19(3)4)9-11(12)2/h5-7,9-10H,1,8H2,2-4H3,(H,18,21,23)/b14-10+. The number of thiocarbonyl (C=S) groups is 1. The van der Waals surface area contributed by atoms with Crippen LogP contribution in [0, 0.1) is 6.92 Å². The van der Waals surface area contributed by atoms with Gasteiger partial charge >= 0.3 is 0 Å². The number of benzene rings is 1. The van der Waals surface area contributed by atoms with E-state index in [1.807, 2.05) is 44.1 Å². The minimum atomic E-state index is -0.476. The highest BCUT2D eigenvalue weighted by Crippen LogP contribution is 2.21. The third-order valence-electron chi connectivity index (χ3n) is 3.57. The molecule has 1 aromatic carbocycles. The molecule has 1 fully saturated rings. The lowest BCUT2D eigenvalue weighted by atomic mass is 10.0. The molecule has 0 aliphatic carbocycles. The summed E-state index contributed by atoms with van der Waals surface area (Å²) >= 11 is 5.03. The number of carbonyl (C=O) groups is 2. The van der Waals surface area contributed by atoms with Crippen LogP contribution >= 0.6 is 12.2 Å². The van der Waals surface area contributed by atoms with Crippen molar-refractivity contribution in [2.24, 2.45) is 0 Å². The van der Waals surface area contributed by atoms with Gasteiger partial charge in [0.25, 0.3) is 11.8 Å². The van der Waals surface area contributed by atoms with Crippen LogP contribution < -0.4 is 10.2 Å². The molecular formula is C17H19N3O2S. The molecule has 0 bridgehead atoms. The quantitative estimate of drug-likeness (QED) is 0.397. The molecule has 2 amide bonds. The minimum Gasteiger partial charge on any atom is -0.378 e. The first-order valence-electron chi connectivity index (χ1n) is 7.13. The van der Waals surface area contributed by atoms with Gasteiger partial charge in [0.1, 0.15) is 5.57 Å². The van der Waals surface area contributed by atoms with Crippen LogP contribution in [0.1, 0.15) is 11.1 Å². The Morgan fingerprint density at radius 1 is 1.35 bits per heavy atom. The molecule has 1 aromatic rings. The van der Waals surface area contributed by atoms with Crippen molar-refractivity contribution in [3.05, 3.63) is 47.6 Å². The Labute approximate surface area is 141 Å². The first-order valence-corrected chi connectivity index (χ1v) is 7.53. The monoisotopic (exact) mass is 329 g/mol. The lowest BCUT2D eigenvalue weighted by Gasteiger charge is -2.27. The zero-order valence-electron chi connectivity index (χ0n) is 13.4. The van der Waals surface area contributed by atoms with Crippen LogP contribution in [0.5, 0.6) is 0 Å². The molecule has 0 unspecified atom stereocenters. The van der Waals surface area contributed by atoms with Crippen LogP contribution in [0.4, 0.5) is 5.69 Å². The Morgan fingerprint density at radius 2 is 2.04 bits per heavy atom. The number of amides is 2. The van der Waals surface area contributed by atoms with E-state index in [0.717, 1.165) is 16.8 Å². The molecule has 0 spiro atoms. The molecule has 0 atom stereocenters. The molecule has 0 saturated carbocycles. The molecule has 1 N–H and O–H groups in total. The molecular weight excluding hydrogens is 310 g/mol. The van der Waals surface area contributed by atoms with Gasteiger partial charge in [0.2, 0.25) is 0 Å². The largest absolute Gasteiger partial charge is 0.378 e. The summed E-state index contributed by atoms with van der Waals surface area (Å²) < 4.78 is 0. The summed E-state index contributed by atoms with van der Waals surface area (Å²) in [6.07, 6.45) is 3.17. The van der Waals surface area contributed by atoms with Gasteiger partial charge in [0, 0.05) is 26.3 Å². The second-order valence-electron chi connectivity index (χ2n) is 5.46. The Morgan fingerprint density at radius 3 is 2.61 bits per heavy atom. The van der Waals surface area contributed by atoms with Gasteiger partial charge in [-0.05, 0) is 48.5 Å². The third-order valence-corrected chi connectivity index (χ3v) is 3.89. The van der Waals surface area contributed by atoms with E-state index in [2.05, 4.69) is 11.9 Å². The number of hydrogen-bond acceptors (Lipinski definition) is 4. The van der Waals surface area contributed by atoms with Crippen LogP contribution in [0.15, 0.2) is 36.4 Å². The van der Waals surface area contributed by atoms with E-state index in [0.29, 0.717) is 0 Å². The van der Waals surface area contributed by atoms with E-state index in [-0.39, 0.29) is 17.2 Å². The van der Waals surface area contributed by atoms with Crippen molar-refractivity contribution in [3.8, 4) is 0 Å². The summed E-state index contributed by atoms with van der Waals surface area (Å²) in [6, 6.07) is 5.84. The second kappa shape index (κ2) is 6.75. The van der Waals surface area contributed by atoms with Gasteiger partial charge in [-0.3, -0.25) is 19.8 Å². The number of hydrogen-bond donors (Lipinski definition) is 1. The van der Waals surface area contributed by atoms with Crippen molar-refractivity contribution < 1.29 is 9.59 Å². The maximum absolute atomic E-state index is 12.5. The van der Waals surface area contributed by atoms with Gasteiger partial charge in [-0.1, -0.05) is 12.1 Å². The van der Waals surface area contributed by atoms with Crippen molar-refractivity contribution in [1.29, 1.82) is 0 Å². The van der Waals surface area contributed by atoms with Crippen LogP contribution in [-0.2, 0) is 9.59 Å². The third kappa shape index (κ3) is 3.48. The maximum Gasteiger partial charge on any atom is 0.265 e. The minimum absolute atomic E-state index is 0.0705. The maximum atomic E-state index is 12.5. The van der Waals surface area contributed by atoms with E-state index >= 15 is 0 Å². The van der Waals surface area contributed by atoms with Crippen molar-refractivity contribution in [2.75, 3.05) is 25.5 Å². The second-order valence-corrected chi connectivity index (χ2v) is 5.84. The van der Waals surface area contributed by atoms with Crippen molar-refractivity contribution >= 4 is 40.9 Å². The summed E-state index contributed by atoms with van der Waals surface area (Å²) in [5.41, 5.74) is 2.92. The predicted molar refractivity (Wildman–Crippen MR) is 96.1 cm³/mol. The molecule has 2 rings (SSSR count). The summed E-state index contributed by atoms with van der Waals surface area (Å²) in [5.74, 6) is -0.883. The number of carbonyl (C=O) groups excluding carboxylic acids is 2. The van der Waals surface area contributed by atoms with Gasteiger partial charge < -0.3 is 4.90 Å². The Kier molecular flexibility index (Phi) is 4.95. The first-order chi connectivity index (χ1) is 10.8. The molecule has 23 heavy (non-hydrogen) atoms. The summed E-state index contributed by atoms with van der Waals surface area (Å²) in [5, 5.41) is 2.65. The van der Waals surface area contributed by atoms with Crippen LogP contribution in [0.2, 0.25) is 0 Å². The van der Waals surface area contributed by atoms with Gasteiger partial charge in [-0.25, -0.2) is 0 Å². The molecule has 1 saturated heterocycles. The van der Waals surface area contributed by atoms with Crippen LogP contribution in [-0.4, -0.2) is 42.5 Å². The average Bonchev–Trinajstić information content (AvgIpc) is 2.49. The van der Waals surface area contributed by atoms with E-state index < -0.39 is 11.8 Å². The highest BCUT2D eigenvalue weighted by molar-refractivity contribution is 7.80. The number of rotatable bonds is 4. The summed E-state index contributed by atoms with van der Waals surface area (Å²) in [7, 11) is 3.91. The van der Waals surface area contributed by atoms with E-state index in [9.17, 15) is 9.59 Å². The first kappa shape index (κ1) is 16.9. The van der Waals surface area contributed by atoms with Crippen molar-refractivity contribution in [3.63, 3.8) is 0 Å². The lowest BCUT2D eigenvalue weighted by molar-refractivity contribution is -0.128. The van der Waals surface area contributed by atoms with E-state index in [1.54, 1.807) is 12.2 Å². The Bertz CT molecular complexity index is 723. The fraction of sp³-hybridized carbons (Fsp3) is 0.235. The molecule has 0 aromatic heterocycles. The number of aryl methyl sites for hydroxylation is 1. The van der Waals surface area contributed by atoms with Gasteiger partial charge in [-0.2, -0.15) is 0 Å². The lowest BCUT2D eigenvalue weighted by Crippen LogP contribution is -2.53. The molecule has 120 valence electrons. The smallest absolute Gasteiger partial charge is 0.265 e. The molecule has 5 nitrogen and oxygen atoms in total. The Balaban J connectivity index is 2.41. The topological polar surface area (TPSA) is 52.7 Å². The van der Waals surface area contributed by atoms with Crippen molar-refractivity contribution in [1.82, 2.24) is 10.2 Å². The zero-order chi connectivity index (χ0) is 17.1. The highest BCUT2D eigenvalue weighted by Gasteiger charge is 2.32. The van der Waals surface area contributed by atoms with Gasteiger partial charge in [0.05, 0.1) is 0 Å². The van der Waals surface area contributed by atoms with Gasteiger partial charge in [0.15, 0.2) is 5.11 Å². The fourth-order valence-electron chi connectivity index (χ4n) is 2.24. The normalized spacial score (nSPS) is 16.6. The predicted octanol–water partition coefficient (Wildman–Crippen LogP) is 1.87. The zero-order valence-corrected chi connectivity index (χ0v) is 14.2. The van der Waals surface area contributed by atoms with Crippen LogP contribution in [0.3, 0.4) is 0 Å². The molecule has 1 heterocycles.